The third-order valence-electron chi connectivity index (χ3n) is 4.09. The van der Waals surface area contributed by atoms with Gasteiger partial charge in [-0.2, -0.15) is 5.26 Å². The lowest BCUT2D eigenvalue weighted by Crippen LogP contribution is -2.24. The van der Waals surface area contributed by atoms with E-state index in [9.17, 15) is 0 Å². The van der Waals surface area contributed by atoms with Gasteiger partial charge in [-0.25, -0.2) is 0 Å². The van der Waals surface area contributed by atoms with Crippen molar-refractivity contribution < 1.29 is 0 Å². The van der Waals surface area contributed by atoms with Crippen LogP contribution in [0, 0.1) is 11.3 Å². The molecule has 0 saturated heterocycles. The summed E-state index contributed by atoms with van der Waals surface area (Å²) < 4.78 is -0.351. The first kappa shape index (κ1) is 17.1. The molecule has 0 spiro atoms. The number of nitriles is 1. The Balaban J connectivity index is 2.22. The normalized spacial score (nSPS) is 11.3. The van der Waals surface area contributed by atoms with Crippen molar-refractivity contribution in [1.82, 2.24) is 0 Å². The van der Waals surface area contributed by atoms with E-state index in [1.165, 1.54) is 16.7 Å². The second-order valence-corrected chi connectivity index (χ2v) is 6.75. The maximum atomic E-state index is 8.84. The summed E-state index contributed by atoms with van der Waals surface area (Å²) >= 11 is 1.74. The van der Waals surface area contributed by atoms with E-state index in [2.05, 4.69) is 84.3 Å². The molecule has 0 aliphatic rings. The van der Waals surface area contributed by atoms with Crippen LogP contribution in [0.1, 0.15) is 23.1 Å². The van der Waals surface area contributed by atoms with Gasteiger partial charge in [-0.15, -0.1) is 11.8 Å². The molecule has 0 atom stereocenters. The van der Waals surface area contributed by atoms with Gasteiger partial charge in [0, 0.05) is 0 Å². The molecule has 0 amide bonds. The summed E-state index contributed by atoms with van der Waals surface area (Å²) in [7, 11) is 0. The highest BCUT2D eigenvalue weighted by Crippen LogP contribution is 2.48. The molecule has 0 heterocycles. The van der Waals surface area contributed by atoms with Crippen LogP contribution in [0.5, 0.6) is 0 Å². The van der Waals surface area contributed by atoms with Crippen LogP contribution in [-0.2, 0) is 4.75 Å². The SMILES string of the molecule is N#CC/C=C\SC(c1ccccc1)(c1ccccc1)c1ccccc1. The highest BCUT2D eigenvalue weighted by atomic mass is 32.2. The minimum atomic E-state index is -0.351. The van der Waals surface area contributed by atoms with Crippen LogP contribution in [0.2, 0.25) is 0 Å². The largest absolute Gasteiger partial charge is 0.198 e. The van der Waals surface area contributed by atoms with E-state index in [0.29, 0.717) is 6.42 Å². The highest BCUT2D eigenvalue weighted by molar-refractivity contribution is 8.03. The lowest BCUT2D eigenvalue weighted by atomic mass is 9.84. The lowest BCUT2D eigenvalue weighted by molar-refractivity contribution is 0.900. The minimum absolute atomic E-state index is 0.351. The fourth-order valence-electron chi connectivity index (χ4n) is 2.97. The first-order valence-electron chi connectivity index (χ1n) is 8.24. The van der Waals surface area contributed by atoms with E-state index in [4.69, 9.17) is 5.26 Å². The molecular weight excluding hydrogens is 322 g/mol. The van der Waals surface area contributed by atoms with E-state index in [1.54, 1.807) is 11.8 Å². The molecule has 3 aromatic carbocycles. The number of hydrogen-bond donors (Lipinski definition) is 0. The van der Waals surface area contributed by atoms with E-state index in [0.717, 1.165) is 0 Å². The third-order valence-corrected chi connectivity index (χ3v) is 5.48. The van der Waals surface area contributed by atoms with E-state index >= 15 is 0 Å². The van der Waals surface area contributed by atoms with Crippen molar-refractivity contribution in [2.45, 2.75) is 11.2 Å². The molecular formula is C23H19NS. The van der Waals surface area contributed by atoms with Crippen molar-refractivity contribution in [3.8, 4) is 6.07 Å². The van der Waals surface area contributed by atoms with E-state index in [1.807, 2.05) is 24.3 Å². The Kier molecular flexibility index (Phi) is 5.72. The molecule has 0 fully saturated rings. The zero-order valence-corrected chi connectivity index (χ0v) is 14.7. The first-order chi connectivity index (χ1) is 12.4. The molecule has 0 aromatic heterocycles. The smallest absolute Gasteiger partial charge is 0.0948 e. The van der Waals surface area contributed by atoms with Gasteiger partial charge in [-0.3, -0.25) is 0 Å². The van der Waals surface area contributed by atoms with Crippen LogP contribution in [-0.4, -0.2) is 0 Å². The fraction of sp³-hybridized carbons (Fsp3) is 0.0870. The molecule has 122 valence electrons. The van der Waals surface area contributed by atoms with Gasteiger partial charge in [0.1, 0.15) is 0 Å². The maximum Gasteiger partial charge on any atom is 0.0948 e. The number of rotatable bonds is 6. The fourth-order valence-corrected chi connectivity index (χ4v) is 4.19. The molecule has 0 saturated carbocycles. The summed E-state index contributed by atoms with van der Waals surface area (Å²) in [4.78, 5) is 0. The van der Waals surface area contributed by atoms with Crippen molar-refractivity contribution >= 4 is 11.8 Å². The molecule has 1 nitrogen and oxygen atoms in total. The Morgan fingerprint density at radius 2 is 1.12 bits per heavy atom. The van der Waals surface area contributed by atoms with E-state index < -0.39 is 0 Å². The monoisotopic (exact) mass is 341 g/mol. The molecule has 0 aliphatic heterocycles. The zero-order chi connectivity index (χ0) is 17.4. The first-order valence-corrected chi connectivity index (χ1v) is 9.12. The molecule has 0 N–H and O–H groups in total. The van der Waals surface area contributed by atoms with Gasteiger partial charge in [0.05, 0.1) is 17.2 Å². The van der Waals surface area contributed by atoms with E-state index in [-0.39, 0.29) is 4.75 Å². The second kappa shape index (κ2) is 8.37. The number of benzene rings is 3. The second-order valence-electron chi connectivity index (χ2n) is 5.63. The Morgan fingerprint density at radius 1 is 0.720 bits per heavy atom. The van der Waals surface area contributed by atoms with Crippen LogP contribution < -0.4 is 0 Å². The van der Waals surface area contributed by atoms with Gasteiger partial charge in [-0.1, -0.05) is 97.1 Å². The summed E-state index contributed by atoms with van der Waals surface area (Å²) in [6.45, 7) is 0. The zero-order valence-electron chi connectivity index (χ0n) is 13.9. The summed E-state index contributed by atoms with van der Waals surface area (Å²) in [5, 5.41) is 10.9. The molecule has 3 rings (SSSR count). The van der Waals surface area contributed by atoms with Crippen LogP contribution in [0.25, 0.3) is 0 Å². The average Bonchev–Trinajstić information content (AvgIpc) is 2.70. The van der Waals surface area contributed by atoms with Gasteiger partial charge in [0.2, 0.25) is 0 Å². The number of thioether (sulfide) groups is 1. The molecule has 25 heavy (non-hydrogen) atoms. The molecule has 0 radical (unpaired) electrons. The Labute approximate surface area is 153 Å². The Hall–Kier alpha value is -2.76. The van der Waals surface area contributed by atoms with Crippen LogP contribution in [0.15, 0.2) is 102 Å². The van der Waals surface area contributed by atoms with Crippen molar-refractivity contribution in [2.24, 2.45) is 0 Å². The summed E-state index contributed by atoms with van der Waals surface area (Å²) in [5.41, 5.74) is 3.66. The molecule has 3 aromatic rings. The molecule has 2 heteroatoms. The summed E-state index contributed by atoms with van der Waals surface area (Å²) in [6, 6.07) is 33.8. The van der Waals surface area contributed by atoms with Crippen molar-refractivity contribution in [3.05, 3.63) is 119 Å². The maximum absolute atomic E-state index is 8.84. The standard InChI is InChI=1S/C23H19NS/c24-18-10-11-19-25-23(20-12-4-1-5-13-20,21-14-6-2-7-15-21)22-16-8-3-9-17-22/h1-9,11-17,19H,10H2/b19-11-. The number of allylic oxidation sites excluding steroid dienone is 1. The minimum Gasteiger partial charge on any atom is -0.198 e. The Morgan fingerprint density at radius 3 is 1.48 bits per heavy atom. The quantitative estimate of drug-likeness (QED) is 0.503. The third kappa shape index (κ3) is 3.68. The van der Waals surface area contributed by atoms with Crippen LogP contribution in [0.3, 0.4) is 0 Å². The molecule has 0 aliphatic carbocycles. The predicted molar refractivity (Wildman–Crippen MR) is 106 cm³/mol. The van der Waals surface area contributed by atoms with Gasteiger partial charge in [0.25, 0.3) is 0 Å². The summed E-state index contributed by atoms with van der Waals surface area (Å²) in [5.74, 6) is 0. The predicted octanol–water partition coefficient (Wildman–Crippen LogP) is 6.14. The Bertz CT molecular complexity index is 752. The van der Waals surface area contributed by atoms with Gasteiger partial charge >= 0.3 is 0 Å². The van der Waals surface area contributed by atoms with Crippen LogP contribution in [0.4, 0.5) is 0 Å². The van der Waals surface area contributed by atoms with Crippen molar-refractivity contribution in [1.29, 1.82) is 5.26 Å². The average molecular weight is 341 g/mol. The van der Waals surface area contributed by atoms with Gasteiger partial charge < -0.3 is 0 Å². The number of nitrogens with zero attached hydrogens (tertiary/aromatic N) is 1. The highest BCUT2D eigenvalue weighted by Gasteiger charge is 2.36. The molecule has 0 unspecified atom stereocenters. The van der Waals surface area contributed by atoms with Crippen molar-refractivity contribution in [3.63, 3.8) is 0 Å². The number of hydrogen-bond acceptors (Lipinski definition) is 2. The van der Waals surface area contributed by atoms with Gasteiger partial charge in [0.15, 0.2) is 0 Å². The van der Waals surface area contributed by atoms with Gasteiger partial charge in [-0.05, 0) is 22.1 Å². The topological polar surface area (TPSA) is 23.8 Å². The van der Waals surface area contributed by atoms with Crippen molar-refractivity contribution in [2.75, 3.05) is 0 Å². The summed E-state index contributed by atoms with van der Waals surface area (Å²) in [6.07, 6.45) is 2.34. The van der Waals surface area contributed by atoms with Crippen LogP contribution >= 0.6 is 11.8 Å². The lowest BCUT2D eigenvalue weighted by Gasteiger charge is -2.34. The molecule has 0 bridgehead atoms.